The first-order valence-corrected chi connectivity index (χ1v) is 10.2. The minimum absolute atomic E-state index is 0. The third-order valence-corrected chi connectivity index (χ3v) is 2.40. The van der Waals surface area contributed by atoms with Crippen LogP contribution in [0.5, 0.6) is 0 Å². The second kappa shape index (κ2) is 94.4. The third kappa shape index (κ3) is 97.8. The van der Waals surface area contributed by atoms with Gasteiger partial charge in [-0.15, -0.1) is 0 Å². The van der Waals surface area contributed by atoms with Gasteiger partial charge in [-0.05, 0) is 0 Å². The van der Waals surface area contributed by atoms with E-state index in [1.807, 2.05) is 48.6 Å². The van der Waals surface area contributed by atoms with E-state index in [0.29, 0.717) is 0 Å². The molecule has 0 unspecified atom stereocenters. The first kappa shape index (κ1) is 70.9. The SMILES string of the molecule is CC.CC.CC.CNC[C](=[V])[C](C)=[V].[2HH].[V].[V].[V].[V].[V].[V].[V]=[V]. The molecule has 128 valence electrons. The van der Waals surface area contributed by atoms with Crippen LogP contribution in [0.15, 0.2) is 0 Å². The molecule has 22 heavy (non-hydrogen) atoms. The number of nitrogens with one attached hydrogen (secondary N) is 1. The quantitative estimate of drug-likeness (QED) is 0.483. The van der Waals surface area contributed by atoms with Gasteiger partial charge in [0.15, 0.2) is 0 Å². The topological polar surface area (TPSA) is 12.0 Å². The van der Waals surface area contributed by atoms with Crippen molar-refractivity contribution in [2.24, 2.45) is 0 Å². The summed E-state index contributed by atoms with van der Waals surface area (Å²) in [5, 5.41) is 3.07. The Labute approximate surface area is 247 Å². The summed E-state index contributed by atoms with van der Waals surface area (Å²) in [4.78, 5) is 0. The molecule has 0 spiro atoms. The molecule has 0 aromatic carbocycles. The van der Waals surface area contributed by atoms with Gasteiger partial charge < -0.3 is 0 Å². The maximum absolute atomic E-state index is 3.07. The minimum atomic E-state index is 0. The summed E-state index contributed by atoms with van der Waals surface area (Å²) in [7, 11) is 1.95. The van der Waals surface area contributed by atoms with Crippen LogP contribution in [-0.4, -0.2) is 22.0 Å². The number of hydrogen-bond donors (Lipinski definition) is 1. The van der Waals surface area contributed by atoms with Gasteiger partial charge in [0, 0.05) is 113 Å². The average Bonchev–Trinajstić information content (AvgIpc) is 2.39. The van der Waals surface area contributed by atoms with Crippen molar-refractivity contribution in [3.63, 3.8) is 0 Å². The molecule has 0 amide bonds. The van der Waals surface area contributed by atoms with Crippen molar-refractivity contribution in [2.45, 2.75) is 48.5 Å². The van der Waals surface area contributed by atoms with E-state index >= 15 is 0 Å². The summed E-state index contributed by atoms with van der Waals surface area (Å²) in [5.41, 5.74) is 0. The van der Waals surface area contributed by atoms with E-state index in [0.717, 1.165) is 6.54 Å². The van der Waals surface area contributed by atoms with Crippen LogP contribution in [0.25, 0.3) is 0 Å². The van der Waals surface area contributed by atoms with Crippen LogP contribution < -0.4 is 5.32 Å². The van der Waals surface area contributed by atoms with E-state index in [9.17, 15) is 0 Å². The van der Waals surface area contributed by atoms with Crippen molar-refractivity contribution in [1.82, 2.24) is 5.32 Å². The van der Waals surface area contributed by atoms with Crippen LogP contribution in [0.2, 0.25) is 0 Å². The summed E-state index contributed by atoms with van der Waals surface area (Å²) in [6.45, 7) is 15.1. The van der Waals surface area contributed by atoms with E-state index in [-0.39, 0.29) is 113 Å². The van der Waals surface area contributed by atoms with Crippen LogP contribution in [0.4, 0.5) is 0 Å². The predicted octanol–water partition coefficient (Wildman–Crippen LogP) is 2.97. The van der Waals surface area contributed by atoms with Gasteiger partial charge in [0.2, 0.25) is 0 Å². The zero-order valence-corrected chi connectivity index (χ0v) is 28.6. The van der Waals surface area contributed by atoms with Gasteiger partial charge in [-0.3, -0.25) is 0 Å². The summed E-state index contributed by atoms with van der Waals surface area (Å²) in [5.74, 6) is 0. The van der Waals surface area contributed by atoms with Crippen LogP contribution in [-0.2, 0) is 175 Å². The van der Waals surface area contributed by atoms with Gasteiger partial charge >= 0.3 is 97.5 Å². The monoisotopic (exact) mass is 686 g/mol. The molecule has 1 nitrogen and oxygen atoms in total. The molecule has 0 aromatic rings. The maximum atomic E-state index is 3.07. The molecule has 0 aliphatic rings. The Kier molecular flexibility index (Phi) is 304. The van der Waals surface area contributed by atoms with Crippen molar-refractivity contribution in [3.8, 4) is 0 Å². The van der Waals surface area contributed by atoms with Gasteiger partial charge in [0.05, 0.1) is 0 Å². The zero-order valence-electron chi connectivity index (χ0n) is 14.7. The van der Waals surface area contributed by atoms with Gasteiger partial charge in [-0.25, -0.2) is 0 Å². The fourth-order valence-corrected chi connectivity index (χ4v) is 0.666. The molecule has 0 saturated heterocycles. The Morgan fingerprint density at radius 1 is 0.727 bits per heavy atom. The molecule has 0 bridgehead atoms. The first-order valence-electron chi connectivity index (χ1n) is 5.60. The molecule has 0 saturated carbocycles. The molecule has 0 aliphatic heterocycles. The van der Waals surface area contributed by atoms with E-state index in [1.54, 1.807) is 0 Å². The second-order valence-electron chi connectivity index (χ2n) is 1.56. The second-order valence-corrected chi connectivity index (χ2v) is 3.45. The number of hydrogen-bond acceptors (Lipinski definition) is 1. The summed E-state index contributed by atoms with van der Waals surface area (Å²) < 4.78 is 2.67. The van der Waals surface area contributed by atoms with Crippen molar-refractivity contribution in [2.75, 3.05) is 13.6 Å². The fraction of sp³-hybridized carbons (Fsp3) is 0.818. The van der Waals surface area contributed by atoms with Gasteiger partial charge in [0.25, 0.3) is 0 Å². The van der Waals surface area contributed by atoms with Crippen LogP contribution >= 0.6 is 0 Å². The van der Waals surface area contributed by atoms with Crippen molar-refractivity contribution < 1.29 is 176 Å². The predicted molar refractivity (Wildman–Crippen MR) is 65.8 cm³/mol. The Hall–Kier alpha value is 5.54. The molecular formula is C11H29NV10. The van der Waals surface area contributed by atoms with Gasteiger partial charge in [-0.2, -0.15) is 0 Å². The van der Waals surface area contributed by atoms with Crippen LogP contribution in [0.1, 0.15) is 49.9 Å². The number of rotatable bonds is 3. The van der Waals surface area contributed by atoms with Crippen LogP contribution in [0, 0.1) is 0 Å². The normalized spacial score (nSPS) is 4.00. The molecule has 0 aromatic heterocycles. The molecule has 6 radical (unpaired) electrons. The zero-order chi connectivity index (χ0) is 14.6. The molecule has 0 heterocycles. The summed E-state index contributed by atoms with van der Waals surface area (Å²) in [6.07, 6.45) is 0. The summed E-state index contributed by atoms with van der Waals surface area (Å²) >= 11 is 9.59. The van der Waals surface area contributed by atoms with Crippen molar-refractivity contribution in [3.05, 3.63) is 0 Å². The van der Waals surface area contributed by atoms with E-state index < -0.39 is 0 Å². The van der Waals surface area contributed by atoms with E-state index in [1.165, 1.54) is 8.45 Å². The summed E-state index contributed by atoms with van der Waals surface area (Å²) in [6, 6.07) is 0. The fourth-order valence-electron chi connectivity index (χ4n) is 0.295. The average molecular weight is 686 g/mol. The Balaban J connectivity index is -0.00000000723. The Bertz CT molecular complexity index is 142. The Morgan fingerprint density at radius 3 is 0.955 bits per heavy atom. The van der Waals surface area contributed by atoms with Crippen molar-refractivity contribution >= 4 is 8.45 Å². The van der Waals surface area contributed by atoms with E-state index in [4.69, 9.17) is 0 Å². The third-order valence-electron chi connectivity index (χ3n) is 0.762. The molecule has 0 atom stereocenters. The molecule has 11 heteroatoms. The van der Waals surface area contributed by atoms with Gasteiger partial charge in [-0.1, -0.05) is 41.5 Å². The molecule has 0 rings (SSSR count). The van der Waals surface area contributed by atoms with Crippen molar-refractivity contribution in [1.29, 1.82) is 0 Å². The van der Waals surface area contributed by atoms with Gasteiger partial charge in [0.1, 0.15) is 0 Å². The molecular weight excluding hydrogens is 656 g/mol. The van der Waals surface area contributed by atoms with E-state index in [2.05, 4.69) is 75.5 Å². The Morgan fingerprint density at radius 2 is 0.909 bits per heavy atom. The molecule has 1 N–H and O–H groups in total. The van der Waals surface area contributed by atoms with Crippen LogP contribution in [0.3, 0.4) is 0 Å². The first-order chi connectivity index (χ1) is 7.68. The standard InChI is InChI=1S/C5H9N.3C2H6.10V.H2/c1-3-4-5-6-2;3*1-2;;;;;;;;;;;/h6H,5H2,1-2H3;3*1-2H3;;;;;;;;;;;1H/i;;;;;;;;;;;;;;1+1. The molecule has 0 aliphatic carbocycles. The molecule has 0 fully saturated rings.